The Hall–Kier alpha value is -0.440. The topological polar surface area (TPSA) is 71.7 Å². The molecular formula is C19H34Cl2N4O2S. The first kappa shape index (κ1) is 25.6. The molecule has 1 amide bonds. The Morgan fingerprint density at radius 3 is 2.43 bits per heavy atom. The number of hydrogen-bond donors (Lipinski definition) is 1. The largest absolute Gasteiger partial charge is 0.378 e. The predicted octanol–water partition coefficient (Wildman–Crippen LogP) is 2.73. The van der Waals surface area contributed by atoms with Crippen molar-refractivity contribution in [3.8, 4) is 0 Å². The Morgan fingerprint density at radius 1 is 1.29 bits per heavy atom. The summed E-state index contributed by atoms with van der Waals surface area (Å²) in [6.07, 6.45) is 1.68. The molecule has 1 aromatic heterocycles. The van der Waals surface area contributed by atoms with Gasteiger partial charge in [-0.05, 0) is 13.3 Å². The number of nitrogens with two attached hydrogens (primary N) is 1. The van der Waals surface area contributed by atoms with Crippen LogP contribution >= 0.6 is 36.2 Å². The molecule has 0 spiro atoms. The van der Waals surface area contributed by atoms with Crippen molar-refractivity contribution in [3.05, 3.63) is 16.1 Å². The van der Waals surface area contributed by atoms with Crippen molar-refractivity contribution in [2.45, 2.75) is 58.7 Å². The molecule has 162 valence electrons. The van der Waals surface area contributed by atoms with Crippen molar-refractivity contribution in [3.63, 3.8) is 0 Å². The molecule has 1 aliphatic heterocycles. The molecule has 2 atom stereocenters. The molecule has 2 heterocycles. The van der Waals surface area contributed by atoms with E-state index in [4.69, 9.17) is 10.5 Å². The molecule has 2 unspecified atom stereocenters. The van der Waals surface area contributed by atoms with Crippen LogP contribution in [0.25, 0.3) is 0 Å². The molecule has 2 fully saturated rings. The zero-order valence-corrected chi connectivity index (χ0v) is 19.7. The number of aromatic nitrogens is 1. The molecule has 2 N–H and O–H groups in total. The number of carbonyl (C=O) groups is 1. The minimum absolute atomic E-state index is 0. The minimum Gasteiger partial charge on any atom is -0.378 e. The van der Waals surface area contributed by atoms with E-state index in [1.54, 1.807) is 11.3 Å². The first-order valence-electron chi connectivity index (χ1n) is 9.67. The predicted molar refractivity (Wildman–Crippen MR) is 119 cm³/mol. The van der Waals surface area contributed by atoms with Crippen LogP contribution in [0.3, 0.4) is 0 Å². The Bertz CT molecular complexity index is 650. The third-order valence-corrected chi connectivity index (χ3v) is 7.20. The molecule has 3 rings (SSSR count). The maximum Gasteiger partial charge on any atom is 0.243 e. The lowest BCUT2D eigenvalue weighted by Gasteiger charge is -2.59. The second kappa shape index (κ2) is 10.0. The van der Waals surface area contributed by atoms with Crippen LogP contribution < -0.4 is 5.73 Å². The van der Waals surface area contributed by atoms with Gasteiger partial charge in [0, 0.05) is 56.5 Å². The highest BCUT2D eigenvalue weighted by atomic mass is 35.5. The summed E-state index contributed by atoms with van der Waals surface area (Å²) in [5.41, 5.74) is 6.57. The molecule has 0 bridgehead atoms. The van der Waals surface area contributed by atoms with Crippen molar-refractivity contribution in [1.29, 1.82) is 0 Å². The van der Waals surface area contributed by atoms with Gasteiger partial charge in [0.05, 0.1) is 16.8 Å². The van der Waals surface area contributed by atoms with Crippen LogP contribution in [0.5, 0.6) is 0 Å². The molecule has 1 aromatic rings. The second-order valence-electron chi connectivity index (χ2n) is 8.00. The summed E-state index contributed by atoms with van der Waals surface area (Å²) in [5.74, 6) is 0.0834. The molecule has 1 saturated carbocycles. The van der Waals surface area contributed by atoms with Gasteiger partial charge in [0.1, 0.15) is 5.54 Å². The number of aryl methyl sites for hydroxylation is 1. The van der Waals surface area contributed by atoms with Crippen molar-refractivity contribution in [1.82, 2.24) is 14.8 Å². The molecule has 28 heavy (non-hydrogen) atoms. The van der Waals surface area contributed by atoms with E-state index in [9.17, 15) is 4.79 Å². The summed E-state index contributed by atoms with van der Waals surface area (Å²) in [6.45, 7) is 13.0. The maximum absolute atomic E-state index is 13.1. The monoisotopic (exact) mass is 452 g/mol. The zero-order chi connectivity index (χ0) is 18.9. The number of thiazole rings is 1. The van der Waals surface area contributed by atoms with Crippen LogP contribution in [-0.2, 0) is 22.5 Å². The zero-order valence-electron chi connectivity index (χ0n) is 17.3. The van der Waals surface area contributed by atoms with Crippen LogP contribution in [0.2, 0.25) is 0 Å². The molecule has 0 radical (unpaired) electrons. The third-order valence-electron chi connectivity index (χ3n) is 6.16. The van der Waals surface area contributed by atoms with Gasteiger partial charge in [-0.15, -0.1) is 36.2 Å². The number of ether oxygens (including phenoxy) is 1. The van der Waals surface area contributed by atoms with Gasteiger partial charge in [0.25, 0.3) is 0 Å². The van der Waals surface area contributed by atoms with Gasteiger partial charge in [0.2, 0.25) is 5.91 Å². The summed E-state index contributed by atoms with van der Waals surface area (Å²) >= 11 is 1.73. The Labute approximate surface area is 185 Å². The van der Waals surface area contributed by atoms with E-state index >= 15 is 0 Å². The van der Waals surface area contributed by atoms with Crippen LogP contribution in [0.15, 0.2) is 5.38 Å². The van der Waals surface area contributed by atoms with E-state index in [1.165, 1.54) is 5.01 Å². The highest BCUT2D eigenvalue weighted by Gasteiger charge is 2.63. The van der Waals surface area contributed by atoms with Crippen molar-refractivity contribution in [2.24, 2.45) is 11.1 Å². The Kier molecular flexibility index (Phi) is 9.18. The number of halogens is 2. The number of rotatable bonds is 6. The quantitative estimate of drug-likeness (QED) is 0.717. The lowest BCUT2D eigenvalue weighted by molar-refractivity contribution is -0.180. The fourth-order valence-corrected chi connectivity index (χ4v) is 4.74. The molecule has 6 nitrogen and oxygen atoms in total. The summed E-state index contributed by atoms with van der Waals surface area (Å²) < 4.78 is 5.76. The standard InChI is InChI=1S/C19H32N4O2S.2ClH/c1-5-16-21-14(13-26-16)12-22-7-9-23(10-8-22)17(24)19(20)11-15(25-6-2)18(19,3)4;;/h13,15H,5-12,20H2,1-4H3;2*1H. The van der Waals surface area contributed by atoms with Crippen LogP contribution in [-0.4, -0.2) is 65.1 Å². The smallest absolute Gasteiger partial charge is 0.243 e. The van der Waals surface area contributed by atoms with Gasteiger partial charge < -0.3 is 15.4 Å². The Morgan fingerprint density at radius 2 is 1.93 bits per heavy atom. The van der Waals surface area contributed by atoms with E-state index in [0.717, 1.165) is 44.8 Å². The van der Waals surface area contributed by atoms with Crippen molar-refractivity contribution < 1.29 is 9.53 Å². The first-order valence-corrected chi connectivity index (χ1v) is 10.5. The Balaban J connectivity index is 0.00000196. The SMILES string of the molecule is CCOC1CC(N)(C(=O)N2CCN(Cc3csc(CC)n3)CC2)C1(C)C.Cl.Cl. The first-order chi connectivity index (χ1) is 12.3. The number of amides is 1. The lowest BCUT2D eigenvalue weighted by Crippen LogP contribution is -2.76. The molecule has 0 aromatic carbocycles. The fraction of sp³-hybridized carbons (Fsp3) is 0.789. The number of nitrogens with zero attached hydrogens (tertiary/aromatic N) is 3. The van der Waals surface area contributed by atoms with Crippen molar-refractivity contribution in [2.75, 3.05) is 32.8 Å². The van der Waals surface area contributed by atoms with Crippen LogP contribution in [0.1, 0.15) is 44.8 Å². The van der Waals surface area contributed by atoms with Gasteiger partial charge in [-0.25, -0.2) is 4.98 Å². The normalized spacial score (nSPS) is 26.8. The van der Waals surface area contributed by atoms with Crippen LogP contribution in [0.4, 0.5) is 0 Å². The summed E-state index contributed by atoms with van der Waals surface area (Å²) in [6, 6.07) is 0. The fourth-order valence-electron chi connectivity index (χ4n) is 4.00. The minimum atomic E-state index is -0.806. The van der Waals surface area contributed by atoms with E-state index in [2.05, 4.69) is 36.0 Å². The molecule has 9 heteroatoms. The highest BCUT2D eigenvalue weighted by Crippen LogP contribution is 2.50. The van der Waals surface area contributed by atoms with E-state index in [1.807, 2.05) is 11.8 Å². The summed E-state index contributed by atoms with van der Waals surface area (Å²) in [4.78, 5) is 22.1. The number of hydrogen-bond acceptors (Lipinski definition) is 6. The van der Waals surface area contributed by atoms with Crippen LogP contribution in [0, 0.1) is 5.41 Å². The molecule has 1 saturated heterocycles. The lowest BCUT2D eigenvalue weighted by atomic mass is 9.54. The molecular weight excluding hydrogens is 419 g/mol. The second-order valence-corrected chi connectivity index (χ2v) is 8.94. The maximum atomic E-state index is 13.1. The van der Waals surface area contributed by atoms with Gasteiger partial charge >= 0.3 is 0 Å². The van der Waals surface area contributed by atoms with Gasteiger partial charge in [-0.1, -0.05) is 20.8 Å². The summed E-state index contributed by atoms with van der Waals surface area (Å²) in [7, 11) is 0. The van der Waals surface area contributed by atoms with E-state index in [-0.39, 0.29) is 42.2 Å². The van der Waals surface area contributed by atoms with E-state index in [0.29, 0.717) is 13.0 Å². The number of piperazine rings is 1. The average Bonchev–Trinajstić information content (AvgIpc) is 3.09. The third kappa shape index (κ3) is 4.65. The average molecular weight is 453 g/mol. The van der Waals surface area contributed by atoms with Gasteiger partial charge in [-0.3, -0.25) is 9.69 Å². The molecule has 1 aliphatic carbocycles. The molecule has 2 aliphatic rings. The van der Waals surface area contributed by atoms with Gasteiger partial charge in [-0.2, -0.15) is 0 Å². The summed E-state index contributed by atoms with van der Waals surface area (Å²) in [5, 5.41) is 3.34. The van der Waals surface area contributed by atoms with E-state index < -0.39 is 5.54 Å². The van der Waals surface area contributed by atoms with Crippen molar-refractivity contribution >= 4 is 42.1 Å². The number of carbonyl (C=O) groups excluding carboxylic acids is 1. The highest BCUT2D eigenvalue weighted by molar-refractivity contribution is 7.09. The van der Waals surface area contributed by atoms with Gasteiger partial charge in [0.15, 0.2) is 0 Å².